The third-order valence-corrected chi connectivity index (χ3v) is 3.50. The fraction of sp³-hybridized carbons (Fsp3) is 0.0714. The van der Waals surface area contributed by atoms with Gasteiger partial charge in [-0.15, -0.1) is 0 Å². The summed E-state index contributed by atoms with van der Waals surface area (Å²) < 4.78 is 1.55. The van der Waals surface area contributed by atoms with Crippen molar-refractivity contribution in [2.45, 2.75) is 6.92 Å². The molecular formula is C14H11Cl2N5. The molecule has 21 heavy (non-hydrogen) atoms. The minimum absolute atomic E-state index is 0.467. The predicted octanol–water partition coefficient (Wildman–Crippen LogP) is 3.53. The van der Waals surface area contributed by atoms with Crippen LogP contribution in [-0.4, -0.2) is 19.7 Å². The second kappa shape index (κ2) is 5.35. The van der Waals surface area contributed by atoms with Gasteiger partial charge in [-0.05, 0) is 25.1 Å². The third kappa shape index (κ3) is 2.70. The summed E-state index contributed by atoms with van der Waals surface area (Å²) in [6.07, 6.45) is 1.47. The van der Waals surface area contributed by atoms with Crippen molar-refractivity contribution in [3.05, 3.63) is 52.4 Å². The Morgan fingerprint density at radius 2 is 1.90 bits per heavy atom. The van der Waals surface area contributed by atoms with E-state index in [-0.39, 0.29) is 0 Å². The number of hydrogen-bond donors (Lipinski definition) is 1. The molecular weight excluding hydrogens is 309 g/mol. The van der Waals surface area contributed by atoms with E-state index in [0.29, 0.717) is 27.4 Å². The standard InChI is InChI=1S/C14H11Cl2N5/c1-8-4-14(19-7-18-8)21-13(17)6-12(20-21)10-3-2-9(15)5-11(10)16/h2-7H,17H2,1H3. The molecule has 1 aromatic carbocycles. The first-order valence-electron chi connectivity index (χ1n) is 6.14. The fourth-order valence-electron chi connectivity index (χ4n) is 1.96. The van der Waals surface area contributed by atoms with E-state index in [0.717, 1.165) is 11.3 Å². The molecule has 5 nitrogen and oxygen atoms in total. The molecule has 0 saturated heterocycles. The number of anilines is 1. The van der Waals surface area contributed by atoms with Crippen molar-refractivity contribution < 1.29 is 0 Å². The van der Waals surface area contributed by atoms with Crippen LogP contribution in [-0.2, 0) is 0 Å². The zero-order chi connectivity index (χ0) is 15.0. The Labute approximate surface area is 131 Å². The molecule has 0 amide bonds. The van der Waals surface area contributed by atoms with Gasteiger partial charge in [-0.1, -0.05) is 23.2 Å². The zero-order valence-corrected chi connectivity index (χ0v) is 12.6. The molecule has 0 bridgehead atoms. The number of aromatic nitrogens is 4. The summed E-state index contributed by atoms with van der Waals surface area (Å²) >= 11 is 12.1. The van der Waals surface area contributed by atoms with Crippen LogP contribution in [0.25, 0.3) is 17.1 Å². The third-order valence-electron chi connectivity index (χ3n) is 2.95. The van der Waals surface area contributed by atoms with Crippen molar-refractivity contribution in [3.8, 4) is 17.1 Å². The normalized spacial score (nSPS) is 10.8. The van der Waals surface area contributed by atoms with Crippen LogP contribution in [0, 0.1) is 6.92 Å². The molecule has 2 aromatic heterocycles. The summed E-state index contributed by atoms with van der Waals surface area (Å²) in [5.41, 5.74) is 8.27. The number of hydrogen-bond acceptors (Lipinski definition) is 4. The average molecular weight is 320 g/mol. The maximum Gasteiger partial charge on any atom is 0.159 e. The minimum Gasteiger partial charge on any atom is -0.384 e. The first kappa shape index (κ1) is 13.9. The molecule has 0 spiro atoms. The lowest BCUT2D eigenvalue weighted by atomic mass is 10.1. The van der Waals surface area contributed by atoms with Gasteiger partial charge in [0.25, 0.3) is 0 Å². The molecule has 0 saturated carbocycles. The van der Waals surface area contributed by atoms with Gasteiger partial charge in [0.15, 0.2) is 5.82 Å². The lowest BCUT2D eigenvalue weighted by Crippen LogP contribution is -2.04. The Kier molecular flexibility index (Phi) is 3.53. The number of rotatable bonds is 2. The molecule has 3 aromatic rings. The SMILES string of the molecule is Cc1cc(-n2nc(-c3ccc(Cl)cc3Cl)cc2N)ncn1. The molecule has 0 fully saturated rings. The van der Waals surface area contributed by atoms with Crippen LogP contribution >= 0.6 is 23.2 Å². The highest BCUT2D eigenvalue weighted by molar-refractivity contribution is 6.36. The molecule has 0 aliphatic carbocycles. The van der Waals surface area contributed by atoms with E-state index < -0.39 is 0 Å². The molecule has 0 atom stereocenters. The van der Waals surface area contributed by atoms with Gasteiger partial charge in [-0.25, -0.2) is 9.97 Å². The lowest BCUT2D eigenvalue weighted by molar-refractivity contribution is 0.847. The summed E-state index contributed by atoms with van der Waals surface area (Å²) in [7, 11) is 0. The van der Waals surface area contributed by atoms with Gasteiger partial charge in [0.05, 0.1) is 10.7 Å². The van der Waals surface area contributed by atoms with Crippen molar-refractivity contribution >= 4 is 29.0 Å². The number of nitrogens with zero attached hydrogens (tertiary/aromatic N) is 4. The van der Waals surface area contributed by atoms with Gasteiger partial charge in [0, 0.05) is 28.4 Å². The van der Waals surface area contributed by atoms with Crippen LogP contribution in [0.2, 0.25) is 10.0 Å². The Bertz CT molecular complexity index is 813. The Morgan fingerprint density at radius 3 is 2.62 bits per heavy atom. The highest BCUT2D eigenvalue weighted by Gasteiger charge is 2.12. The van der Waals surface area contributed by atoms with Crippen LogP contribution in [0.3, 0.4) is 0 Å². The quantitative estimate of drug-likeness (QED) is 0.784. The van der Waals surface area contributed by atoms with E-state index in [2.05, 4.69) is 15.1 Å². The number of nitrogens with two attached hydrogens (primary N) is 1. The minimum atomic E-state index is 0.467. The second-order valence-corrected chi connectivity index (χ2v) is 5.35. The Balaban J connectivity index is 2.09. The largest absolute Gasteiger partial charge is 0.384 e. The Morgan fingerprint density at radius 1 is 1.10 bits per heavy atom. The monoisotopic (exact) mass is 319 g/mol. The maximum atomic E-state index is 6.20. The number of aryl methyl sites for hydroxylation is 1. The number of nitrogen functional groups attached to an aromatic ring is 1. The van der Waals surface area contributed by atoms with E-state index in [1.165, 1.54) is 6.33 Å². The zero-order valence-electron chi connectivity index (χ0n) is 11.1. The fourth-order valence-corrected chi connectivity index (χ4v) is 2.47. The molecule has 106 valence electrons. The summed E-state index contributed by atoms with van der Waals surface area (Å²) in [6.45, 7) is 1.88. The first-order chi connectivity index (χ1) is 10.0. The van der Waals surface area contributed by atoms with E-state index >= 15 is 0 Å². The van der Waals surface area contributed by atoms with Crippen LogP contribution < -0.4 is 5.73 Å². The van der Waals surface area contributed by atoms with Crippen LogP contribution in [0.15, 0.2) is 36.7 Å². The molecule has 2 N–H and O–H groups in total. The van der Waals surface area contributed by atoms with Crippen LogP contribution in [0.1, 0.15) is 5.69 Å². The maximum absolute atomic E-state index is 6.20. The molecule has 3 rings (SSSR count). The summed E-state index contributed by atoms with van der Waals surface area (Å²) in [4.78, 5) is 8.22. The van der Waals surface area contributed by atoms with Gasteiger partial charge >= 0.3 is 0 Å². The first-order valence-corrected chi connectivity index (χ1v) is 6.90. The number of halogens is 2. The van der Waals surface area contributed by atoms with Crippen LogP contribution in [0.5, 0.6) is 0 Å². The van der Waals surface area contributed by atoms with E-state index in [9.17, 15) is 0 Å². The van der Waals surface area contributed by atoms with E-state index in [1.807, 2.05) is 13.0 Å². The predicted molar refractivity (Wildman–Crippen MR) is 83.8 cm³/mol. The molecule has 2 heterocycles. The van der Waals surface area contributed by atoms with Crippen molar-refractivity contribution in [1.29, 1.82) is 0 Å². The highest BCUT2D eigenvalue weighted by atomic mass is 35.5. The van der Waals surface area contributed by atoms with Gasteiger partial charge < -0.3 is 5.73 Å². The molecule has 0 aliphatic rings. The van der Waals surface area contributed by atoms with E-state index in [1.54, 1.807) is 28.9 Å². The number of benzene rings is 1. The van der Waals surface area contributed by atoms with Gasteiger partial charge in [-0.2, -0.15) is 9.78 Å². The molecule has 0 unspecified atom stereocenters. The Hall–Kier alpha value is -2.11. The van der Waals surface area contributed by atoms with Gasteiger partial charge in [0.2, 0.25) is 0 Å². The lowest BCUT2D eigenvalue weighted by Gasteiger charge is -2.03. The molecule has 7 heteroatoms. The second-order valence-electron chi connectivity index (χ2n) is 4.51. The van der Waals surface area contributed by atoms with Crippen LogP contribution in [0.4, 0.5) is 5.82 Å². The van der Waals surface area contributed by atoms with Gasteiger partial charge in [0.1, 0.15) is 12.1 Å². The molecule has 0 aliphatic heterocycles. The topological polar surface area (TPSA) is 69.6 Å². The van der Waals surface area contributed by atoms with Crippen molar-refractivity contribution in [1.82, 2.24) is 19.7 Å². The molecule has 0 radical (unpaired) electrons. The van der Waals surface area contributed by atoms with Gasteiger partial charge in [-0.3, -0.25) is 0 Å². The van der Waals surface area contributed by atoms with Crippen molar-refractivity contribution in [2.24, 2.45) is 0 Å². The van der Waals surface area contributed by atoms with Crippen molar-refractivity contribution in [2.75, 3.05) is 5.73 Å². The van der Waals surface area contributed by atoms with Crippen molar-refractivity contribution in [3.63, 3.8) is 0 Å². The highest BCUT2D eigenvalue weighted by Crippen LogP contribution is 2.31. The summed E-state index contributed by atoms with van der Waals surface area (Å²) in [5, 5.41) is 5.55. The van der Waals surface area contributed by atoms with E-state index in [4.69, 9.17) is 28.9 Å². The summed E-state index contributed by atoms with van der Waals surface area (Å²) in [5.74, 6) is 1.07. The average Bonchev–Trinajstić information content (AvgIpc) is 2.80. The summed E-state index contributed by atoms with van der Waals surface area (Å²) in [6, 6.07) is 8.78. The smallest absolute Gasteiger partial charge is 0.159 e.